The van der Waals surface area contributed by atoms with Crippen molar-refractivity contribution in [1.82, 2.24) is 4.98 Å². The molecule has 152 valence electrons. The molecular formula is C21H22F2N4OS. The number of amides is 1. The summed E-state index contributed by atoms with van der Waals surface area (Å²) in [6.07, 6.45) is 1.68. The number of fused-ring (bicyclic) bond motifs is 1. The predicted molar refractivity (Wildman–Crippen MR) is 114 cm³/mol. The van der Waals surface area contributed by atoms with E-state index in [4.69, 9.17) is 0 Å². The summed E-state index contributed by atoms with van der Waals surface area (Å²) in [5.41, 5.74) is 2.29. The third kappa shape index (κ3) is 4.03. The van der Waals surface area contributed by atoms with E-state index in [9.17, 15) is 13.6 Å². The molecule has 1 amide bonds. The maximum absolute atomic E-state index is 13.9. The van der Waals surface area contributed by atoms with E-state index in [-0.39, 0.29) is 17.3 Å². The Hall–Kier alpha value is -2.74. The number of piperidine rings is 1. The standard InChI is InChI=1S/C21H22F2N4OS/c1-26(2)16-7-3-4-8-17(16)27-9-5-6-13(12-27)20(28)25-21-24-19-15(23)10-14(22)11-18(19)29-21/h3-4,7-8,10-11,13H,5-6,9,12H2,1-2H3,(H,24,25,28). The van der Waals surface area contributed by atoms with Gasteiger partial charge in [-0.3, -0.25) is 4.79 Å². The average molecular weight is 416 g/mol. The van der Waals surface area contributed by atoms with Crippen LogP contribution in [-0.2, 0) is 4.79 Å². The molecule has 1 atom stereocenters. The molecule has 5 nitrogen and oxygen atoms in total. The molecule has 3 aromatic rings. The first-order valence-electron chi connectivity index (χ1n) is 9.50. The van der Waals surface area contributed by atoms with Crippen molar-refractivity contribution in [2.75, 3.05) is 42.3 Å². The van der Waals surface area contributed by atoms with E-state index in [0.717, 1.165) is 48.2 Å². The highest BCUT2D eigenvalue weighted by atomic mass is 32.1. The van der Waals surface area contributed by atoms with Crippen LogP contribution in [0.1, 0.15) is 12.8 Å². The molecule has 8 heteroatoms. The zero-order valence-corrected chi connectivity index (χ0v) is 17.1. The summed E-state index contributed by atoms with van der Waals surface area (Å²) in [6, 6.07) is 10.2. The van der Waals surface area contributed by atoms with Crippen LogP contribution in [0.2, 0.25) is 0 Å². The fourth-order valence-electron chi connectivity index (χ4n) is 3.74. The number of carbonyl (C=O) groups excluding carboxylic acids is 1. The third-order valence-corrected chi connectivity index (χ3v) is 6.06. The molecule has 1 unspecified atom stereocenters. The van der Waals surface area contributed by atoms with Gasteiger partial charge in [0.2, 0.25) is 5.91 Å². The Balaban J connectivity index is 1.50. The van der Waals surface area contributed by atoms with Gasteiger partial charge in [-0.25, -0.2) is 13.8 Å². The van der Waals surface area contributed by atoms with Crippen molar-refractivity contribution in [3.63, 3.8) is 0 Å². The highest BCUT2D eigenvalue weighted by Crippen LogP contribution is 2.33. The van der Waals surface area contributed by atoms with E-state index >= 15 is 0 Å². The second kappa shape index (κ2) is 7.94. The highest BCUT2D eigenvalue weighted by molar-refractivity contribution is 7.22. The maximum atomic E-state index is 13.9. The summed E-state index contributed by atoms with van der Waals surface area (Å²) >= 11 is 1.08. The van der Waals surface area contributed by atoms with E-state index < -0.39 is 11.6 Å². The molecule has 0 radical (unpaired) electrons. The van der Waals surface area contributed by atoms with Crippen LogP contribution in [0.15, 0.2) is 36.4 Å². The quantitative estimate of drug-likeness (QED) is 0.681. The fraction of sp³-hybridized carbons (Fsp3) is 0.333. The van der Waals surface area contributed by atoms with Gasteiger partial charge in [0.25, 0.3) is 0 Å². The van der Waals surface area contributed by atoms with Crippen LogP contribution >= 0.6 is 11.3 Å². The number of aromatic nitrogens is 1. The summed E-state index contributed by atoms with van der Waals surface area (Å²) in [7, 11) is 4.00. The summed E-state index contributed by atoms with van der Waals surface area (Å²) < 4.78 is 27.6. The molecule has 2 heterocycles. The first-order valence-corrected chi connectivity index (χ1v) is 10.3. The minimum atomic E-state index is -0.721. The zero-order valence-electron chi connectivity index (χ0n) is 16.3. The van der Waals surface area contributed by atoms with Gasteiger partial charge in [-0.05, 0) is 31.0 Å². The Morgan fingerprint density at radius 3 is 2.86 bits per heavy atom. The van der Waals surface area contributed by atoms with Crippen LogP contribution in [0.25, 0.3) is 10.2 Å². The van der Waals surface area contributed by atoms with E-state index in [1.807, 2.05) is 26.2 Å². The van der Waals surface area contributed by atoms with Gasteiger partial charge in [0.1, 0.15) is 11.3 Å². The van der Waals surface area contributed by atoms with E-state index in [1.165, 1.54) is 6.07 Å². The normalized spacial score (nSPS) is 16.8. The van der Waals surface area contributed by atoms with Gasteiger partial charge in [-0.1, -0.05) is 23.5 Å². The van der Waals surface area contributed by atoms with E-state index in [1.54, 1.807) is 0 Å². The van der Waals surface area contributed by atoms with Gasteiger partial charge in [0, 0.05) is 33.3 Å². The van der Waals surface area contributed by atoms with Gasteiger partial charge in [0.05, 0.1) is 22.0 Å². The lowest BCUT2D eigenvalue weighted by atomic mass is 9.96. The van der Waals surface area contributed by atoms with Crippen molar-refractivity contribution >= 4 is 44.0 Å². The number of halogens is 2. The summed E-state index contributed by atoms with van der Waals surface area (Å²) in [5.74, 6) is -1.72. The highest BCUT2D eigenvalue weighted by Gasteiger charge is 2.28. The molecule has 1 aliphatic heterocycles. The topological polar surface area (TPSA) is 48.5 Å². The second-order valence-electron chi connectivity index (χ2n) is 7.41. The van der Waals surface area contributed by atoms with Crippen molar-refractivity contribution in [2.24, 2.45) is 5.92 Å². The molecule has 1 N–H and O–H groups in total. The number of carbonyl (C=O) groups is 1. The molecule has 1 aromatic heterocycles. The van der Waals surface area contributed by atoms with Crippen LogP contribution in [-0.4, -0.2) is 38.1 Å². The van der Waals surface area contributed by atoms with Crippen LogP contribution in [0.4, 0.5) is 25.3 Å². The summed E-state index contributed by atoms with van der Waals surface area (Å²) in [4.78, 5) is 21.3. The van der Waals surface area contributed by atoms with Crippen molar-refractivity contribution in [1.29, 1.82) is 0 Å². The number of benzene rings is 2. The maximum Gasteiger partial charge on any atom is 0.231 e. The Bertz CT molecular complexity index is 1050. The Morgan fingerprint density at radius 1 is 1.28 bits per heavy atom. The molecule has 1 saturated heterocycles. The minimum Gasteiger partial charge on any atom is -0.376 e. The SMILES string of the molecule is CN(C)c1ccccc1N1CCCC(C(=O)Nc2nc3c(F)cc(F)cc3s2)C1. The van der Waals surface area contributed by atoms with Crippen molar-refractivity contribution in [2.45, 2.75) is 12.8 Å². The number of hydrogen-bond acceptors (Lipinski definition) is 5. The zero-order chi connectivity index (χ0) is 20.5. The van der Waals surface area contributed by atoms with Crippen LogP contribution in [0.3, 0.4) is 0 Å². The largest absolute Gasteiger partial charge is 0.376 e. The first kappa shape index (κ1) is 19.6. The van der Waals surface area contributed by atoms with Crippen LogP contribution < -0.4 is 15.1 Å². The van der Waals surface area contributed by atoms with Crippen molar-refractivity contribution in [3.8, 4) is 0 Å². The number of anilines is 3. The second-order valence-corrected chi connectivity index (χ2v) is 8.44. The Morgan fingerprint density at radius 2 is 2.07 bits per heavy atom. The van der Waals surface area contributed by atoms with Gasteiger partial charge < -0.3 is 15.1 Å². The fourth-order valence-corrected chi connectivity index (χ4v) is 4.65. The molecule has 1 fully saturated rings. The molecule has 2 aromatic carbocycles. The van der Waals surface area contributed by atoms with Gasteiger partial charge >= 0.3 is 0 Å². The lowest BCUT2D eigenvalue weighted by Crippen LogP contribution is -2.41. The Kier molecular flexibility index (Phi) is 5.36. The van der Waals surface area contributed by atoms with E-state index in [0.29, 0.717) is 16.4 Å². The lowest BCUT2D eigenvalue weighted by Gasteiger charge is -2.35. The molecule has 1 aliphatic rings. The van der Waals surface area contributed by atoms with Crippen molar-refractivity contribution in [3.05, 3.63) is 48.0 Å². The Labute approximate surface area is 172 Å². The lowest BCUT2D eigenvalue weighted by molar-refractivity contribution is -0.120. The molecule has 0 aliphatic carbocycles. The number of rotatable bonds is 4. The average Bonchev–Trinajstić information content (AvgIpc) is 3.10. The van der Waals surface area contributed by atoms with Crippen molar-refractivity contribution < 1.29 is 13.6 Å². The minimum absolute atomic E-state index is 0.0804. The number of hydrogen-bond donors (Lipinski definition) is 1. The summed E-state index contributed by atoms with van der Waals surface area (Å²) in [5, 5.41) is 3.09. The monoisotopic (exact) mass is 416 g/mol. The molecular weight excluding hydrogens is 394 g/mol. The molecule has 0 saturated carbocycles. The molecule has 0 bridgehead atoms. The first-order chi connectivity index (χ1) is 13.9. The number of thiazole rings is 1. The van der Waals surface area contributed by atoms with Gasteiger partial charge in [-0.2, -0.15) is 0 Å². The van der Waals surface area contributed by atoms with Crippen LogP contribution in [0, 0.1) is 17.6 Å². The number of para-hydroxylation sites is 2. The third-order valence-electron chi connectivity index (χ3n) is 5.14. The van der Waals surface area contributed by atoms with E-state index in [2.05, 4.69) is 32.2 Å². The van der Waals surface area contributed by atoms with Gasteiger partial charge in [0.15, 0.2) is 10.9 Å². The number of nitrogens with zero attached hydrogens (tertiary/aromatic N) is 3. The predicted octanol–water partition coefficient (Wildman–Crippen LogP) is 4.50. The molecule has 29 heavy (non-hydrogen) atoms. The number of nitrogens with one attached hydrogen (secondary N) is 1. The van der Waals surface area contributed by atoms with Crippen LogP contribution in [0.5, 0.6) is 0 Å². The van der Waals surface area contributed by atoms with Gasteiger partial charge in [-0.15, -0.1) is 0 Å². The summed E-state index contributed by atoms with van der Waals surface area (Å²) in [6.45, 7) is 1.49. The molecule has 4 rings (SSSR count). The molecule has 0 spiro atoms. The smallest absolute Gasteiger partial charge is 0.231 e.